The van der Waals surface area contributed by atoms with Crippen LogP contribution in [0, 0.1) is 5.82 Å². The van der Waals surface area contributed by atoms with E-state index in [9.17, 15) is 9.18 Å². The Hall–Kier alpha value is -1.62. The molecule has 98 valence electrons. The Balaban J connectivity index is 2.40. The van der Waals surface area contributed by atoms with Crippen molar-refractivity contribution in [1.82, 2.24) is 5.32 Å². The van der Waals surface area contributed by atoms with Crippen LogP contribution in [-0.2, 0) is 0 Å². The first-order valence-electron chi connectivity index (χ1n) is 5.95. The summed E-state index contributed by atoms with van der Waals surface area (Å²) in [5.41, 5.74) is 0.637. The van der Waals surface area contributed by atoms with Crippen LogP contribution in [0.3, 0.4) is 0 Å². The maximum absolute atomic E-state index is 13.8. The molecule has 4 nitrogen and oxygen atoms in total. The van der Waals surface area contributed by atoms with Crippen LogP contribution in [0.15, 0.2) is 12.1 Å². The van der Waals surface area contributed by atoms with Crippen molar-refractivity contribution >= 4 is 5.97 Å². The fourth-order valence-electron chi connectivity index (χ4n) is 2.37. The number of piperidine rings is 1. The second-order valence-electron chi connectivity index (χ2n) is 4.41. The molecule has 2 rings (SSSR count). The van der Waals surface area contributed by atoms with Crippen molar-refractivity contribution in [3.05, 3.63) is 29.1 Å². The molecule has 0 amide bonds. The average molecular weight is 253 g/mol. The number of ether oxygens (including phenoxy) is 1. The SMILES string of the molecule is COc1c(F)cc(C2CCNCC2)cc1C(=O)O. The minimum Gasteiger partial charge on any atom is -0.493 e. The van der Waals surface area contributed by atoms with Gasteiger partial charge in [-0.05, 0) is 49.5 Å². The van der Waals surface area contributed by atoms with E-state index in [2.05, 4.69) is 5.32 Å². The van der Waals surface area contributed by atoms with Crippen LogP contribution in [0.4, 0.5) is 4.39 Å². The van der Waals surface area contributed by atoms with Gasteiger partial charge in [0, 0.05) is 0 Å². The van der Waals surface area contributed by atoms with Gasteiger partial charge in [0.1, 0.15) is 5.56 Å². The van der Waals surface area contributed by atoms with Crippen molar-refractivity contribution < 1.29 is 19.0 Å². The molecule has 1 aliphatic rings. The molecule has 1 aliphatic heterocycles. The van der Waals surface area contributed by atoms with E-state index in [0.717, 1.165) is 31.5 Å². The van der Waals surface area contributed by atoms with Crippen LogP contribution in [0.1, 0.15) is 34.7 Å². The highest BCUT2D eigenvalue weighted by Crippen LogP contribution is 2.31. The second-order valence-corrected chi connectivity index (χ2v) is 4.41. The number of benzene rings is 1. The van der Waals surface area contributed by atoms with E-state index < -0.39 is 11.8 Å². The lowest BCUT2D eigenvalue weighted by atomic mass is 9.89. The third-order valence-electron chi connectivity index (χ3n) is 3.31. The topological polar surface area (TPSA) is 58.6 Å². The molecule has 0 radical (unpaired) electrons. The quantitative estimate of drug-likeness (QED) is 0.865. The number of nitrogens with one attached hydrogen (secondary N) is 1. The Morgan fingerprint density at radius 1 is 1.44 bits per heavy atom. The molecule has 0 aromatic heterocycles. The first kappa shape index (κ1) is 12.8. The molecule has 0 spiro atoms. The highest BCUT2D eigenvalue weighted by molar-refractivity contribution is 5.91. The van der Waals surface area contributed by atoms with E-state index in [1.165, 1.54) is 19.2 Å². The third-order valence-corrected chi connectivity index (χ3v) is 3.31. The lowest BCUT2D eigenvalue weighted by molar-refractivity contribution is 0.0692. The first-order valence-corrected chi connectivity index (χ1v) is 5.95. The molecule has 1 heterocycles. The normalized spacial score (nSPS) is 16.6. The van der Waals surface area contributed by atoms with Crippen LogP contribution in [-0.4, -0.2) is 31.3 Å². The fraction of sp³-hybridized carbons (Fsp3) is 0.462. The Bertz CT molecular complexity index is 456. The lowest BCUT2D eigenvalue weighted by Gasteiger charge is -2.23. The molecule has 5 heteroatoms. The summed E-state index contributed by atoms with van der Waals surface area (Å²) >= 11 is 0. The fourth-order valence-corrected chi connectivity index (χ4v) is 2.37. The van der Waals surface area contributed by atoms with Crippen molar-refractivity contribution in [2.24, 2.45) is 0 Å². The van der Waals surface area contributed by atoms with Crippen LogP contribution < -0.4 is 10.1 Å². The number of methoxy groups -OCH3 is 1. The largest absolute Gasteiger partial charge is 0.493 e. The minimum atomic E-state index is -1.17. The molecular weight excluding hydrogens is 237 g/mol. The molecule has 0 bridgehead atoms. The van der Waals surface area contributed by atoms with E-state index >= 15 is 0 Å². The van der Waals surface area contributed by atoms with E-state index in [1.54, 1.807) is 0 Å². The van der Waals surface area contributed by atoms with Crippen LogP contribution in [0.25, 0.3) is 0 Å². The van der Waals surface area contributed by atoms with Crippen molar-refractivity contribution in [3.8, 4) is 5.75 Å². The zero-order valence-electron chi connectivity index (χ0n) is 10.2. The number of carboxylic acid groups (broad SMARTS) is 1. The van der Waals surface area contributed by atoms with Gasteiger partial charge in [-0.15, -0.1) is 0 Å². The molecule has 1 aromatic rings. The molecule has 2 N–H and O–H groups in total. The van der Waals surface area contributed by atoms with Gasteiger partial charge in [0.25, 0.3) is 0 Å². The van der Waals surface area contributed by atoms with E-state index in [0.29, 0.717) is 0 Å². The van der Waals surface area contributed by atoms with E-state index in [-0.39, 0.29) is 17.2 Å². The van der Waals surface area contributed by atoms with Crippen LogP contribution >= 0.6 is 0 Å². The van der Waals surface area contributed by atoms with Gasteiger partial charge >= 0.3 is 5.97 Å². The van der Waals surface area contributed by atoms with Gasteiger partial charge in [-0.3, -0.25) is 0 Å². The van der Waals surface area contributed by atoms with Gasteiger partial charge in [-0.2, -0.15) is 0 Å². The number of carboxylic acids is 1. The van der Waals surface area contributed by atoms with Crippen molar-refractivity contribution in [2.45, 2.75) is 18.8 Å². The maximum Gasteiger partial charge on any atom is 0.339 e. The summed E-state index contributed by atoms with van der Waals surface area (Å²) in [6, 6.07) is 2.92. The molecule has 1 saturated heterocycles. The number of hydrogen-bond donors (Lipinski definition) is 2. The predicted molar refractivity (Wildman–Crippen MR) is 64.8 cm³/mol. The molecule has 0 saturated carbocycles. The van der Waals surface area contributed by atoms with Crippen molar-refractivity contribution in [2.75, 3.05) is 20.2 Å². The number of rotatable bonds is 3. The molecule has 0 aliphatic carbocycles. The van der Waals surface area contributed by atoms with Gasteiger partial charge in [-0.25, -0.2) is 9.18 Å². The summed E-state index contributed by atoms with van der Waals surface area (Å²) in [7, 11) is 1.27. The van der Waals surface area contributed by atoms with Gasteiger partial charge in [0.05, 0.1) is 7.11 Å². The lowest BCUT2D eigenvalue weighted by Crippen LogP contribution is -2.26. The van der Waals surface area contributed by atoms with Crippen LogP contribution in [0.5, 0.6) is 5.75 Å². The van der Waals surface area contributed by atoms with Crippen molar-refractivity contribution in [1.29, 1.82) is 0 Å². The number of hydrogen-bond acceptors (Lipinski definition) is 3. The minimum absolute atomic E-state index is 0.106. The second kappa shape index (κ2) is 5.35. The first-order chi connectivity index (χ1) is 8.63. The van der Waals surface area contributed by atoms with Gasteiger partial charge in [0.2, 0.25) is 0 Å². The summed E-state index contributed by atoms with van der Waals surface area (Å²) < 4.78 is 18.6. The summed E-state index contributed by atoms with van der Waals surface area (Å²) in [6.07, 6.45) is 1.79. The highest BCUT2D eigenvalue weighted by Gasteiger charge is 2.22. The monoisotopic (exact) mass is 253 g/mol. The average Bonchev–Trinajstić information content (AvgIpc) is 2.38. The van der Waals surface area contributed by atoms with Gasteiger partial charge in [0.15, 0.2) is 11.6 Å². The van der Waals surface area contributed by atoms with Gasteiger partial charge < -0.3 is 15.2 Å². The summed E-state index contributed by atoms with van der Waals surface area (Å²) in [4.78, 5) is 11.1. The third kappa shape index (κ3) is 2.46. The summed E-state index contributed by atoms with van der Waals surface area (Å²) in [5.74, 6) is -1.75. The maximum atomic E-state index is 13.8. The Morgan fingerprint density at radius 2 is 2.11 bits per heavy atom. The molecule has 1 fully saturated rings. The van der Waals surface area contributed by atoms with Crippen LogP contribution in [0.2, 0.25) is 0 Å². The van der Waals surface area contributed by atoms with E-state index in [1.807, 2.05) is 0 Å². The number of halogens is 1. The molecular formula is C13H16FNO3. The summed E-state index contributed by atoms with van der Waals surface area (Å²) in [5, 5.41) is 12.3. The molecule has 0 unspecified atom stereocenters. The number of carbonyl (C=O) groups is 1. The van der Waals surface area contributed by atoms with Crippen molar-refractivity contribution in [3.63, 3.8) is 0 Å². The summed E-state index contributed by atoms with van der Waals surface area (Å²) in [6.45, 7) is 1.75. The highest BCUT2D eigenvalue weighted by atomic mass is 19.1. The Labute approximate surface area is 105 Å². The van der Waals surface area contributed by atoms with E-state index in [4.69, 9.17) is 9.84 Å². The number of aromatic carboxylic acids is 1. The molecule has 1 aromatic carbocycles. The molecule has 0 atom stereocenters. The van der Waals surface area contributed by atoms with Gasteiger partial charge in [-0.1, -0.05) is 0 Å². The Kier molecular flexibility index (Phi) is 3.81. The smallest absolute Gasteiger partial charge is 0.339 e. The standard InChI is InChI=1S/C13H16FNO3/c1-18-12-10(13(16)17)6-9(7-11(12)14)8-2-4-15-5-3-8/h6-8,15H,2-5H2,1H3,(H,16,17). The zero-order chi connectivity index (χ0) is 13.1. The zero-order valence-corrected chi connectivity index (χ0v) is 10.2. The Morgan fingerprint density at radius 3 is 2.67 bits per heavy atom. The predicted octanol–water partition coefficient (Wildman–Crippen LogP) is 2.00. The molecule has 18 heavy (non-hydrogen) atoms.